The van der Waals surface area contributed by atoms with E-state index in [-0.39, 0.29) is 28.8 Å². The van der Waals surface area contributed by atoms with Gasteiger partial charge in [-0.1, -0.05) is 17.7 Å². The molecule has 26 heavy (non-hydrogen) atoms. The van der Waals surface area contributed by atoms with Crippen molar-refractivity contribution in [2.24, 2.45) is 0 Å². The lowest BCUT2D eigenvalue weighted by Crippen LogP contribution is -2.27. The van der Waals surface area contributed by atoms with Gasteiger partial charge in [0.05, 0.1) is 11.4 Å². The van der Waals surface area contributed by atoms with E-state index < -0.39 is 15.8 Å². The molecule has 8 heteroatoms. The van der Waals surface area contributed by atoms with Crippen molar-refractivity contribution in [3.8, 4) is 0 Å². The molecule has 1 amide bonds. The van der Waals surface area contributed by atoms with Crippen LogP contribution >= 0.6 is 11.6 Å². The van der Waals surface area contributed by atoms with Gasteiger partial charge in [-0.15, -0.1) is 0 Å². The van der Waals surface area contributed by atoms with Crippen molar-refractivity contribution >= 4 is 33.2 Å². The average molecular weight is 397 g/mol. The lowest BCUT2D eigenvalue weighted by molar-refractivity contribution is 0.0784. The van der Waals surface area contributed by atoms with E-state index in [0.717, 1.165) is 0 Å². The molecule has 1 saturated heterocycles. The van der Waals surface area contributed by atoms with E-state index in [1.807, 2.05) is 0 Å². The van der Waals surface area contributed by atoms with Crippen molar-refractivity contribution in [2.75, 3.05) is 23.7 Å². The summed E-state index contributed by atoms with van der Waals surface area (Å²) in [6.45, 7) is 0.480. The molecule has 0 bridgehead atoms. The Morgan fingerprint density at radius 2 is 1.92 bits per heavy atom. The molecule has 1 aliphatic heterocycles. The van der Waals surface area contributed by atoms with Crippen LogP contribution in [0, 0.1) is 5.82 Å². The lowest BCUT2D eigenvalue weighted by atomic mass is 10.1. The molecular formula is C18H18ClFN2O3S. The molecule has 1 heterocycles. The molecule has 2 aromatic carbocycles. The smallest absolute Gasteiger partial charge is 0.253 e. The fourth-order valence-corrected chi connectivity index (χ4v) is 4.70. The van der Waals surface area contributed by atoms with Gasteiger partial charge in [-0.05, 0) is 42.8 Å². The van der Waals surface area contributed by atoms with Crippen LogP contribution in [0.25, 0.3) is 0 Å². The number of rotatable bonds is 4. The number of sulfonamides is 1. The van der Waals surface area contributed by atoms with E-state index in [4.69, 9.17) is 11.6 Å². The predicted molar refractivity (Wildman–Crippen MR) is 99.4 cm³/mol. The zero-order chi connectivity index (χ0) is 18.9. The molecule has 0 unspecified atom stereocenters. The van der Waals surface area contributed by atoms with Gasteiger partial charge in [-0.25, -0.2) is 12.8 Å². The van der Waals surface area contributed by atoms with Crippen LogP contribution in [0.1, 0.15) is 22.3 Å². The number of carbonyl (C=O) groups excluding carboxylic acids is 1. The fourth-order valence-electron chi connectivity index (χ4n) is 2.91. The molecule has 3 rings (SSSR count). The van der Waals surface area contributed by atoms with Crippen LogP contribution in [0.4, 0.5) is 10.1 Å². The summed E-state index contributed by atoms with van der Waals surface area (Å²) in [6.07, 6.45) is 0.592. The zero-order valence-corrected chi connectivity index (χ0v) is 15.7. The minimum Gasteiger partial charge on any atom is -0.337 e. The molecular weight excluding hydrogens is 379 g/mol. The molecule has 0 N–H and O–H groups in total. The van der Waals surface area contributed by atoms with Crippen LogP contribution in [0.2, 0.25) is 5.02 Å². The summed E-state index contributed by atoms with van der Waals surface area (Å²) in [6, 6.07) is 10.7. The molecule has 1 aliphatic rings. The summed E-state index contributed by atoms with van der Waals surface area (Å²) in [5.41, 5.74) is 1.18. The molecule has 5 nitrogen and oxygen atoms in total. The number of halogens is 2. The van der Waals surface area contributed by atoms with Gasteiger partial charge in [-0.2, -0.15) is 0 Å². The quantitative estimate of drug-likeness (QED) is 0.796. The molecule has 138 valence electrons. The molecule has 0 radical (unpaired) electrons. The average Bonchev–Trinajstić information content (AvgIpc) is 2.97. The van der Waals surface area contributed by atoms with E-state index >= 15 is 0 Å². The largest absolute Gasteiger partial charge is 0.337 e. The van der Waals surface area contributed by atoms with Crippen LogP contribution in [-0.2, 0) is 16.6 Å². The SMILES string of the molecule is CN(Cc1c(F)cccc1Cl)C(=O)c1ccc(N2CCCS2(=O)=O)cc1. The second-order valence-corrected chi connectivity index (χ2v) is 8.57. The van der Waals surface area contributed by atoms with E-state index in [1.165, 1.54) is 21.3 Å². The third-order valence-corrected chi connectivity index (χ3v) is 6.53. The maximum atomic E-state index is 13.9. The number of anilines is 1. The van der Waals surface area contributed by atoms with Crippen LogP contribution in [0.5, 0.6) is 0 Å². The number of amides is 1. The third-order valence-electron chi connectivity index (χ3n) is 4.31. The first kappa shape index (κ1) is 18.7. The highest BCUT2D eigenvalue weighted by molar-refractivity contribution is 7.93. The Morgan fingerprint density at radius 1 is 1.23 bits per heavy atom. The van der Waals surface area contributed by atoms with E-state index in [1.54, 1.807) is 37.4 Å². The Labute approximate surface area is 157 Å². The van der Waals surface area contributed by atoms with Crippen LogP contribution < -0.4 is 4.31 Å². The van der Waals surface area contributed by atoms with Crippen molar-refractivity contribution in [1.82, 2.24) is 4.90 Å². The molecule has 0 saturated carbocycles. The maximum absolute atomic E-state index is 13.9. The van der Waals surface area contributed by atoms with Gasteiger partial charge in [0.15, 0.2) is 0 Å². The predicted octanol–water partition coefficient (Wildman–Crippen LogP) is 3.29. The summed E-state index contributed by atoms with van der Waals surface area (Å²) in [5.74, 6) is -0.633. The highest BCUT2D eigenvalue weighted by Crippen LogP contribution is 2.25. The first-order valence-corrected chi connectivity index (χ1v) is 10.1. The summed E-state index contributed by atoms with van der Waals surface area (Å²) >= 11 is 6.00. The molecule has 1 fully saturated rings. The first-order valence-electron chi connectivity index (χ1n) is 8.08. The van der Waals surface area contributed by atoms with Crippen LogP contribution in [-0.4, -0.2) is 38.6 Å². The Morgan fingerprint density at radius 3 is 2.50 bits per heavy atom. The van der Waals surface area contributed by atoms with Crippen molar-refractivity contribution in [3.63, 3.8) is 0 Å². The van der Waals surface area contributed by atoms with Gasteiger partial charge >= 0.3 is 0 Å². The van der Waals surface area contributed by atoms with Crippen molar-refractivity contribution in [3.05, 3.63) is 64.4 Å². The van der Waals surface area contributed by atoms with Gasteiger partial charge in [0.25, 0.3) is 5.91 Å². The molecule has 2 aromatic rings. The minimum atomic E-state index is -3.26. The molecule has 0 aromatic heterocycles. The van der Waals surface area contributed by atoms with Gasteiger partial charge in [-0.3, -0.25) is 9.10 Å². The Kier molecular flexibility index (Phi) is 5.20. The standard InChI is InChI=1S/C18H18ClFN2O3S/c1-21(12-15-16(19)4-2-5-17(15)20)18(23)13-6-8-14(9-7-13)22-10-3-11-26(22,24)25/h2,4-9H,3,10-12H2,1H3. The van der Waals surface area contributed by atoms with E-state index in [2.05, 4.69) is 0 Å². The molecule has 0 atom stereocenters. The second-order valence-electron chi connectivity index (χ2n) is 6.15. The summed E-state index contributed by atoms with van der Waals surface area (Å²) < 4.78 is 39.2. The van der Waals surface area contributed by atoms with Crippen molar-refractivity contribution in [1.29, 1.82) is 0 Å². The normalized spacial score (nSPS) is 15.9. The third kappa shape index (κ3) is 3.68. The van der Waals surface area contributed by atoms with Gasteiger partial charge in [0.1, 0.15) is 5.82 Å². The van der Waals surface area contributed by atoms with Crippen LogP contribution in [0.3, 0.4) is 0 Å². The second kappa shape index (κ2) is 7.25. The van der Waals surface area contributed by atoms with Gasteiger partial charge < -0.3 is 4.90 Å². The minimum absolute atomic E-state index is 0.0343. The Hall–Kier alpha value is -2.12. The Bertz CT molecular complexity index is 912. The van der Waals surface area contributed by atoms with Crippen molar-refractivity contribution in [2.45, 2.75) is 13.0 Å². The van der Waals surface area contributed by atoms with E-state index in [0.29, 0.717) is 24.2 Å². The topological polar surface area (TPSA) is 57.7 Å². The highest BCUT2D eigenvalue weighted by atomic mass is 35.5. The maximum Gasteiger partial charge on any atom is 0.253 e. The monoisotopic (exact) mass is 396 g/mol. The summed E-state index contributed by atoms with van der Waals surface area (Å²) in [5, 5.41) is 0.263. The summed E-state index contributed by atoms with van der Waals surface area (Å²) in [7, 11) is -1.70. The number of benzene rings is 2. The van der Waals surface area contributed by atoms with Gasteiger partial charge in [0, 0.05) is 36.3 Å². The fraction of sp³-hybridized carbons (Fsp3) is 0.278. The van der Waals surface area contributed by atoms with Crippen molar-refractivity contribution < 1.29 is 17.6 Å². The zero-order valence-electron chi connectivity index (χ0n) is 14.2. The first-order chi connectivity index (χ1) is 12.3. The number of nitrogens with zero attached hydrogens (tertiary/aromatic N) is 2. The summed E-state index contributed by atoms with van der Waals surface area (Å²) in [4.78, 5) is 13.9. The molecule has 0 aliphatic carbocycles. The number of hydrogen-bond donors (Lipinski definition) is 0. The number of carbonyl (C=O) groups is 1. The highest BCUT2D eigenvalue weighted by Gasteiger charge is 2.28. The van der Waals surface area contributed by atoms with Gasteiger partial charge in [0.2, 0.25) is 10.0 Å². The lowest BCUT2D eigenvalue weighted by Gasteiger charge is -2.20. The Balaban J connectivity index is 1.75. The van der Waals surface area contributed by atoms with E-state index in [9.17, 15) is 17.6 Å². The number of hydrogen-bond acceptors (Lipinski definition) is 3. The molecule has 0 spiro atoms. The van der Waals surface area contributed by atoms with Crippen LogP contribution in [0.15, 0.2) is 42.5 Å².